The predicted octanol–water partition coefficient (Wildman–Crippen LogP) is 2.42. The topological polar surface area (TPSA) is 65.1 Å². The molecule has 1 aliphatic rings. The Morgan fingerprint density at radius 1 is 0.800 bits per heavy atom. The van der Waals surface area contributed by atoms with Gasteiger partial charge in [0.2, 0.25) is 0 Å². The van der Waals surface area contributed by atoms with Crippen molar-refractivity contribution < 1.29 is 23.8 Å². The van der Waals surface area contributed by atoms with Crippen molar-refractivity contribution in [1.82, 2.24) is 4.90 Å². The van der Waals surface area contributed by atoms with Crippen LogP contribution in [0.2, 0.25) is 0 Å². The zero-order chi connectivity index (χ0) is 18.9. The van der Waals surface area contributed by atoms with Gasteiger partial charge in [0, 0.05) is 29.6 Å². The van der Waals surface area contributed by atoms with E-state index in [0.29, 0.717) is 33.0 Å². The van der Waals surface area contributed by atoms with Crippen molar-refractivity contribution in [2.24, 2.45) is 10.8 Å². The SMILES string of the molecule is CCCOCC(C)(C)COCC(C)(C)COCCN1C(=O)C=CC1=O. The van der Waals surface area contributed by atoms with Crippen molar-refractivity contribution in [2.75, 3.05) is 46.2 Å². The maximum Gasteiger partial charge on any atom is 0.253 e. The normalized spacial score (nSPS) is 15.5. The van der Waals surface area contributed by atoms with Gasteiger partial charge in [-0.25, -0.2) is 0 Å². The fourth-order valence-electron chi connectivity index (χ4n) is 2.34. The van der Waals surface area contributed by atoms with Gasteiger partial charge in [0.05, 0.1) is 39.6 Å². The van der Waals surface area contributed by atoms with E-state index in [-0.39, 0.29) is 29.2 Å². The average Bonchev–Trinajstić information content (AvgIpc) is 2.82. The molecule has 25 heavy (non-hydrogen) atoms. The molecular formula is C19H33NO5. The Morgan fingerprint density at radius 3 is 1.72 bits per heavy atom. The van der Waals surface area contributed by atoms with Crippen LogP contribution < -0.4 is 0 Å². The molecule has 1 heterocycles. The smallest absolute Gasteiger partial charge is 0.253 e. The summed E-state index contributed by atoms with van der Waals surface area (Å²) in [5, 5.41) is 0. The number of imide groups is 1. The molecule has 1 rings (SSSR count). The van der Waals surface area contributed by atoms with Crippen molar-refractivity contribution in [2.45, 2.75) is 41.0 Å². The number of ether oxygens (including phenoxy) is 3. The molecule has 2 amide bonds. The van der Waals surface area contributed by atoms with E-state index in [2.05, 4.69) is 34.6 Å². The fraction of sp³-hybridized carbons (Fsp3) is 0.789. The van der Waals surface area contributed by atoms with E-state index >= 15 is 0 Å². The van der Waals surface area contributed by atoms with Crippen LogP contribution in [0.15, 0.2) is 12.2 Å². The minimum atomic E-state index is -0.274. The largest absolute Gasteiger partial charge is 0.381 e. The second kappa shape index (κ2) is 10.0. The van der Waals surface area contributed by atoms with Gasteiger partial charge in [-0.05, 0) is 6.42 Å². The number of hydrogen-bond donors (Lipinski definition) is 0. The van der Waals surface area contributed by atoms with Crippen LogP contribution in [0.5, 0.6) is 0 Å². The summed E-state index contributed by atoms with van der Waals surface area (Å²) in [6, 6.07) is 0. The Hall–Kier alpha value is -1.24. The van der Waals surface area contributed by atoms with Crippen LogP contribution >= 0.6 is 0 Å². The molecule has 6 heteroatoms. The first-order chi connectivity index (χ1) is 11.7. The number of nitrogens with zero attached hydrogens (tertiary/aromatic N) is 1. The van der Waals surface area contributed by atoms with Crippen LogP contribution in [-0.2, 0) is 23.8 Å². The lowest BCUT2D eigenvalue weighted by molar-refractivity contribution is -0.137. The van der Waals surface area contributed by atoms with Crippen molar-refractivity contribution in [3.05, 3.63) is 12.2 Å². The summed E-state index contributed by atoms with van der Waals surface area (Å²) in [5.74, 6) is -0.549. The minimum Gasteiger partial charge on any atom is -0.381 e. The molecule has 0 saturated heterocycles. The van der Waals surface area contributed by atoms with Crippen LogP contribution in [0.1, 0.15) is 41.0 Å². The molecule has 1 aliphatic heterocycles. The van der Waals surface area contributed by atoms with Crippen LogP contribution in [0.25, 0.3) is 0 Å². The van der Waals surface area contributed by atoms with Crippen molar-refractivity contribution in [1.29, 1.82) is 0 Å². The number of amides is 2. The van der Waals surface area contributed by atoms with E-state index < -0.39 is 0 Å². The lowest BCUT2D eigenvalue weighted by Gasteiger charge is -2.29. The lowest BCUT2D eigenvalue weighted by Crippen LogP contribution is -2.35. The van der Waals surface area contributed by atoms with Crippen LogP contribution in [0.3, 0.4) is 0 Å². The van der Waals surface area contributed by atoms with Gasteiger partial charge in [-0.2, -0.15) is 0 Å². The Balaban J connectivity index is 2.18. The molecule has 0 aromatic rings. The predicted molar refractivity (Wildman–Crippen MR) is 96.2 cm³/mol. The quantitative estimate of drug-likeness (QED) is 0.375. The maximum absolute atomic E-state index is 11.4. The highest BCUT2D eigenvalue weighted by atomic mass is 16.5. The van der Waals surface area contributed by atoms with E-state index in [1.165, 1.54) is 17.1 Å². The first kappa shape index (κ1) is 21.8. The fourth-order valence-corrected chi connectivity index (χ4v) is 2.34. The molecule has 0 aromatic heterocycles. The minimum absolute atomic E-state index is 0.0183. The molecule has 0 saturated carbocycles. The average molecular weight is 355 g/mol. The summed E-state index contributed by atoms with van der Waals surface area (Å²) in [4.78, 5) is 24.1. The van der Waals surface area contributed by atoms with E-state index in [0.717, 1.165) is 13.0 Å². The highest BCUT2D eigenvalue weighted by Gasteiger charge is 2.25. The van der Waals surface area contributed by atoms with Crippen molar-refractivity contribution in [3.8, 4) is 0 Å². The Bertz CT molecular complexity index is 452. The Kier molecular flexibility index (Phi) is 8.76. The zero-order valence-corrected chi connectivity index (χ0v) is 16.3. The van der Waals surface area contributed by atoms with Gasteiger partial charge in [-0.15, -0.1) is 0 Å². The van der Waals surface area contributed by atoms with E-state index in [4.69, 9.17) is 14.2 Å². The molecule has 0 atom stereocenters. The van der Waals surface area contributed by atoms with Crippen LogP contribution in [0.4, 0.5) is 0 Å². The molecule has 0 fully saturated rings. The Morgan fingerprint density at radius 2 is 1.24 bits per heavy atom. The molecule has 144 valence electrons. The van der Waals surface area contributed by atoms with E-state index in [9.17, 15) is 9.59 Å². The molecule has 0 unspecified atom stereocenters. The van der Waals surface area contributed by atoms with Crippen LogP contribution in [-0.4, -0.2) is 62.9 Å². The first-order valence-electron chi connectivity index (χ1n) is 8.94. The van der Waals surface area contributed by atoms with Gasteiger partial charge in [0.1, 0.15) is 0 Å². The lowest BCUT2D eigenvalue weighted by atomic mass is 9.94. The summed E-state index contributed by atoms with van der Waals surface area (Å²) < 4.78 is 17.1. The van der Waals surface area contributed by atoms with E-state index in [1.807, 2.05) is 0 Å². The summed E-state index contributed by atoms with van der Waals surface area (Å²) in [6.45, 7) is 14.3. The van der Waals surface area contributed by atoms with Gasteiger partial charge in [0.15, 0.2) is 0 Å². The summed E-state index contributed by atoms with van der Waals surface area (Å²) in [7, 11) is 0. The standard InChI is InChI=1S/C19H33NO5/c1-6-10-23-12-18(2,3)14-25-15-19(4,5)13-24-11-9-20-16(21)7-8-17(20)22/h7-8H,6,9-15H2,1-5H3. The van der Waals surface area contributed by atoms with Crippen molar-refractivity contribution in [3.63, 3.8) is 0 Å². The zero-order valence-electron chi connectivity index (χ0n) is 16.3. The molecule has 0 bridgehead atoms. The number of carbonyl (C=O) groups excluding carboxylic acids is 2. The second-order valence-electron chi connectivity index (χ2n) is 8.09. The summed E-state index contributed by atoms with van der Waals surface area (Å²) in [5.41, 5.74) is -0.160. The van der Waals surface area contributed by atoms with E-state index in [1.54, 1.807) is 0 Å². The molecule has 0 spiro atoms. The highest BCUT2D eigenvalue weighted by molar-refractivity contribution is 6.12. The van der Waals surface area contributed by atoms with Gasteiger partial charge >= 0.3 is 0 Å². The molecule has 0 aromatic carbocycles. The number of carbonyl (C=O) groups is 2. The van der Waals surface area contributed by atoms with Gasteiger partial charge in [0.25, 0.3) is 11.8 Å². The maximum atomic E-state index is 11.4. The monoisotopic (exact) mass is 355 g/mol. The Labute approximate surface area is 151 Å². The third kappa shape index (κ3) is 8.61. The van der Waals surface area contributed by atoms with Crippen LogP contribution in [0, 0.1) is 10.8 Å². The summed E-state index contributed by atoms with van der Waals surface area (Å²) in [6.07, 6.45) is 3.59. The molecule has 0 radical (unpaired) electrons. The van der Waals surface area contributed by atoms with Crippen molar-refractivity contribution >= 4 is 11.8 Å². The molecule has 0 N–H and O–H groups in total. The molecular weight excluding hydrogens is 322 g/mol. The second-order valence-corrected chi connectivity index (χ2v) is 8.09. The van der Waals surface area contributed by atoms with Gasteiger partial charge < -0.3 is 14.2 Å². The van der Waals surface area contributed by atoms with Gasteiger partial charge in [-0.3, -0.25) is 14.5 Å². The highest BCUT2D eigenvalue weighted by Crippen LogP contribution is 2.20. The third-order valence-electron chi connectivity index (χ3n) is 3.68. The number of hydrogen-bond acceptors (Lipinski definition) is 5. The molecule has 0 aliphatic carbocycles. The summed E-state index contributed by atoms with van der Waals surface area (Å²) >= 11 is 0. The van der Waals surface area contributed by atoms with Gasteiger partial charge in [-0.1, -0.05) is 34.6 Å². The first-order valence-corrected chi connectivity index (χ1v) is 8.94. The molecule has 6 nitrogen and oxygen atoms in total. The number of rotatable bonds is 13. The third-order valence-corrected chi connectivity index (χ3v) is 3.68.